The molecule has 1 N–H and O–H groups in total. The minimum absolute atomic E-state index is 0.0888. The van der Waals surface area contributed by atoms with E-state index in [9.17, 15) is 8.78 Å². The molecular weight excluding hydrogens is 264 g/mol. The van der Waals surface area contributed by atoms with Crippen LogP contribution >= 0.6 is 0 Å². The highest BCUT2D eigenvalue weighted by Crippen LogP contribution is 2.42. The average molecular weight is 283 g/mol. The number of halogens is 2. The third kappa shape index (κ3) is 2.81. The fourth-order valence-corrected chi connectivity index (χ4v) is 3.05. The fourth-order valence-electron chi connectivity index (χ4n) is 3.05. The van der Waals surface area contributed by atoms with Gasteiger partial charge in [-0.1, -0.05) is 19.3 Å². The van der Waals surface area contributed by atoms with Crippen molar-refractivity contribution in [2.45, 2.75) is 51.4 Å². The molecule has 0 spiro atoms. The van der Waals surface area contributed by atoms with Gasteiger partial charge in [-0.15, -0.1) is 8.78 Å². The molecule has 2 aliphatic rings. The van der Waals surface area contributed by atoms with Gasteiger partial charge in [0.1, 0.15) is 0 Å². The Hall–Kier alpha value is -1.52. The Morgan fingerprint density at radius 3 is 2.60 bits per heavy atom. The van der Waals surface area contributed by atoms with Crippen LogP contribution < -0.4 is 14.8 Å². The summed E-state index contributed by atoms with van der Waals surface area (Å²) in [5.41, 5.74) is 0.795. The molecule has 0 aromatic heterocycles. The first-order valence-electron chi connectivity index (χ1n) is 7.20. The SMILES string of the molecule is CC(Nc1ccc2c(c1)OC(F)(F)O2)C1CCCCC1. The molecule has 1 heterocycles. The molecule has 0 amide bonds. The smallest absolute Gasteiger partial charge is 0.395 e. The lowest BCUT2D eigenvalue weighted by molar-refractivity contribution is -0.286. The van der Waals surface area contributed by atoms with Crippen molar-refractivity contribution in [1.82, 2.24) is 0 Å². The van der Waals surface area contributed by atoms with E-state index in [1.807, 2.05) is 0 Å². The average Bonchev–Trinajstić information content (AvgIpc) is 2.73. The molecule has 1 fully saturated rings. The van der Waals surface area contributed by atoms with E-state index in [0.29, 0.717) is 12.0 Å². The molecule has 5 heteroatoms. The summed E-state index contributed by atoms with van der Waals surface area (Å²) in [6, 6.07) is 5.18. The minimum atomic E-state index is -3.55. The lowest BCUT2D eigenvalue weighted by Crippen LogP contribution is -2.27. The Morgan fingerprint density at radius 2 is 1.85 bits per heavy atom. The zero-order valence-electron chi connectivity index (χ0n) is 11.5. The van der Waals surface area contributed by atoms with E-state index in [1.54, 1.807) is 12.1 Å². The molecule has 20 heavy (non-hydrogen) atoms. The molecule has 110 valence electrons. The van der Waals surface area contributed by atoms with Crippen LogP contribution in [-0.2, 0) is 0 Å². The summed E-state index contributed by atoms with van der Waals surface area (Å²) in [6.07, 6.45) is 2.81. The van der Waals surface area contributed by atoms with E-state index in [2.05, 4.69) is 21.7 Å². The van der Waals surface area contributed by atoms with Gasteiger partial charge in [0, 0.05) is 17.8 Å². The van der Waals surface area contributed by atoms with Crippen LogP contribution in [0.1, 0.15) is 39.0 Å². The van der Waals surface area contributed by atoms with E-state index in [4.69, 9.17) is 0 Å². The summed E-state index contributed by atoms with van der Waals surface area (Å²) < 4.78 is 34.8. The first-order valence-corrected chi connectivity index (χ1v) is 7.20. The third-order valence-corrected chi connectivity index (χ3v) is 4.15. The van der Waals surface area contributed by atoms with Crippen LogP contribution in [0.4, 0.5) is 14.5 Å². The Labute approximate surface area is 117 Å². The summed E-state index contributed by atoms with van der Waals surface area (Å²) in [4.78, 5) is 0. The van der Waals surface area contributed by atoms with E-state index < -0.39 is 6.29 Å². The molecule has 0 saturated heterocycles. The number of hydrogen-bond donors (Lipinski definition) is 1. The number of benzene rings is 1. The number of nitrogens with one attached hydrogen (secondary N) is 1. The zero-order valence-corrected chi connectivity index (χ0v) is 11.5. The van der Waals surface area contributed by atoms with Crippen LogP contribution in [0.25, 0.3) is 0 Å². The van der Waals surface area contributed by atoms with Crippen LogP contribution in [0.2, 0.25) is 0 Å². The first kappa shape index (κ1) is 13.5. The summed E-state index contributed by atoms with van der Waals surface area (Å²) in [7, 11) is 0. The zero-order chi connectivity index (χ0) is 14.2. The van der Waals surface area contributed by atoms with Gasteiger partial charge in [-0.2, -0.15) is 0 Å². The second-order valence-corrected chi connectivity index (χ2v) is 5.66. The lowest BCUT2D eigenvalue weighted by Gasteiger charge is -2.29. The van der Waals surface area contributed by atoms with Crippen molar-refractivity contribution < 1.29 is 18.3 Å². The van der Waals surface area contributed by atoms with Crippen molar-refractivity contribution in [2.75, 3.05) is 5.32 Å². The maximum Gasteiger partial charge on any atom is 0.586 e. The van der Waals surface area contributed by atoms with Gasteiger partial charge in [-0.25, -0.2) is 0 Å². The molecule has 1 saturated carbocycles. The number of ether oxygens (including phenoxy) is 2. The molecule has 1 atom stereocenters. The van der Waals surface area contributed by atoms with Gasteiger partial charge in [0.2, 0.25) is 0 Å². The van der Waals surface area contributed by atoms with Crippen LogP contribution in [-0.4, -0.2) is 12.3 Å². The van der Waals surface area contributed by atoms with Gasteiger partial charge < -0.3 is 14.8 Å². The molecular formula is C15H19F2NO2. The second-order valence-electron chi connectivity index (χ2n) is 5.66. The topological polar surface area (TPSA) is 30.5 Å². The third-order valence-electron chi connectivity index (χ3n) is 4.15. The van der Waals surface area contributed by atoms with Crippen LogP contribution in [0.3, 0.4) is 0 Å². The highest BCUT2D eigenvalue weighted by Gasteiger charge is 2.43. The Bertz CT molecular complexity index is 487. The first-order chi connectivity index (χ1) is 9.53. The molecule has 0 radical (unpaired) electrons. The lowest BCUT2D eigenvalue weighted by atomic mass is 9.84. The van der Waals surface area contributed by atoms with Crippen LogP contribution in [0.15, 0.2) is 18.2 Å². The highest BCUT2D eigenvalue weighted by molar-refractivity contribution is 5.56. The number of hydrogen-bond acceptors (Lipinski definition) is 3. The van der Waals surface area contributed by atoms with E-state index in [0.717, 1.165) is 5.69 Å². The normalized spacial score (nSPS) is 22.6. The predicted molar refractivity (Wildman–Crippen MR) is 72.3 cm³/mol. The van der Waals surface area contributed by atoms with Gasteiger partial charge in [0.15, 0.2) is 11.5 Å². The molecule has 1 unspecified atom stereocenters. The maximum atomic E-state index is 13.0. The molecule has 0 bridgehead atoms. The van der Waals surface area contributed by atoms with Gasteiger partial charge in [0.05, 0.1) is 0 Å². The minimum Gasteiger partial charge on any atom is -0.395 e. The van der Waals surface area contributed by atoms with Crippen LogP contribution in [0.5, 0.6) is 11.5 Å². The summed E-state index contributed by atoms with van der Waals surface area (Å²) in [5.74, 6) is 0.831. The molecule has 3 nitrogen and oxygen atoms in total. The van der Waals surface area contributed by atoms with E-state index in [1.165, 1.54) is 38.2 Å². The largest absolute Gasteiger partial charge is 0.586 e. The van der Waals surface area contributed by atoms with Crippen molar-refractivity contribution in [3.63, 3.8) is 0 Å². The predicted octanol–water partition coefficient (Wildman–Crippen LogP) is 4.39. The molecule has 1 aromatic rings. The fraction of sp³-hybridized carbons (Fsp3) is 0.600. The molecule has 3 rings (SSSR count). The van der Waals surface area contributed by atoms with E-state index in [-0.39, 0.29) is 11.5 Å². The van der Waals surface area contributed by atoms with Crippen molar-refractivity contribution in [3.8, 4) is 11.5 Å². The standard InChI is InChI=1S/C15H19F2NO2/c1-10(11-5-3-2-4-6-11)18-12-7-8-13-14(9-12)20-15(16,17)19-13/h7-11,18H,2-6H2,1H3. The monoisotopic (exact) mass is 283 g/mol. The number of fused-ring (bicyclic) bond motifs is 1. The second kappa shape index (κ2) is 5.11. The van der Waals surface area contributed by atoms with Gasteiger partial charge in [0.25, 0.3) is 0 Å². The van der Waals surface area contributed by atoms with Gasteiger partial charge in [-0.05, 0) is 37.8 Å². The van der Waals surface area contributed by atoms with E-state index >= 15 is 0 Å². The summed E-state index contributed by atoms with van der Waals surface area (Å²) >= 11 is 0. The van der Waals surface area contributed by atoms with Crippen molar-refractivity contribution in [1.29, 1.82) is 0 Å². The van der Waals surface area contributed by atoms with Gasteiger partial charge >= 0.3 is 6.29 Å². The van der Waals surface area contributed by atoms with Gasteiger partial charge in [-0.3, -0.25) is 0 Å². The Kier molecular flexibility index (Phi) is 3.44. The molecule has 1 aliphatic heterocycles. The molecule has 1 aliphatic carbocycles. The van der Waals surface area contributed by atoms with Crippen molar-refractivity contribution in [3.05, 3.63) is 18.2 Å². The number of alkyl halides is 2. The van der Waals surface area contributed by atoms with Crippen molar-refractivity contribution in [2.24, 2.45) is 5.92 Å². The van der Waals surface area contributed by atoms with Crippen molar-refractivity contribution >= 4 is 5.69 Å². The Balaban J connectivity index is 1.67. The van der Waals surface area contributed by atoms with Crippen LogP contribution in [0, 0.1) is 5.92 Å². The summed E-state index contributed by atoms with van der Waals surface area (Å²) in [6.45, 7) is 2.15. The molecule has 1 aromatic carbocycles. The highest BCUT2D eigenvalue weighted by atomic mass is 19.3. The number of anilines is 1. The number of rotatable bonds is 3. The Morgan fingerprint density at radius 1 is 1.15 bits per heavy atom. The quantitative estimate of drug-likeness (QED) is 0.892. The summed E-state index contributed by atoms with van der Waals surface area (Å²) in [5, 5.41) is 3.39. The maximum absolute atomic E-state index is 13.0.